The first kappa shape index (κ1) is 19.2. The van der Waals surface area contributed by atoms with Gasteiger partial charge in [0.15, 0.2) is 5.82 Å². The first-order valence-corrected chi connectivity index (χ1v) is 9.72. The number of allylic oxidation sites excluding steroid dienone is 6. The zero-order chi connectivity index (χ0) is 19.4. The van der Waals surface area contributed by atoms with E-state index in [-0.39, 0.29) is 0 Å². The molecule has 0 radical (unpaired) electrons. The molecular weight excluding hydrogens is 332 g/mol. The van der Waals surface area contributed by atoms with Crippen LogP contribution in [0.15, 0.2) is 59.9 Å². The van der Waals surface area contributed by atoms with Crippen molar-refractivity contribution in [3.63, 3.8) is 0 Å². The van der Waals surface area contributed by atoms with Gasteiger partial charge in [0.1, 0.15) is 5.69 Å². The largest absolute Gasteiger partial charge is 0.375 e. The molecule has 0 aromatic carbocycles. The normalized spacial score (nSPS) is 20.5. The fourth-order valence-electron chi connectivity index (χ4n) is 3.63. The summed E-state index contributed by atoms with van der Waals surface area (Å²) in [6, 6.07) is 4.09. The number of aromatic nitrogens is 1. The molecule has 0 amide bonds. The van der Waals surface area contributed by atoms with Gasteiger partial charge in [-0.15, -0.1) is 0 Å². The van der Waals surface area contributed by atoms with Crippen LogP contribution in [0.2, 0.25) is 0 Å². The average Bonchev–Trinajstić information content (AvgIpc) is 2.96. The van der Waals surface area contributed by atoms with Crippen LogP contribution in [0.25, 0.3) is 5.57 Å². The highest BCUT2D eigenvalue weighted by molar-refractivity contribution is 5.79. The van der Waals surface area contributed by atoms with Crippen LogP contribution in [0.5, 0.6) is 0 Å². The number of pyridine rings is 1. The van der Waals surface area contributed by atoms with Gasteiger partial charge in [0, 0.05) is 49.2 Å². The van der Waals surface area contributed by atoms with Crippen LogP contribution in [0.1, 0.15) is 39.3 Å². The van der Waals surface area contributed by atoms with Gasteiger partial charge in [0.25, 0.3) is 0 Å². The summed E-state index contributed by atoms with van der Waals surface area (Å²) in [5.74, 6) is 1.64. The first-order chi connectivity index (χ1) is 13.0. The number of rotatable bonds is 5. The molecule has 1 aromatic rings. The molecule has 2 aliphatic rings. The van der Waals surface area contributed by atoms with Crippen molar-refractivity contribution in [3.8, 4) is 0 Å². The maximum atomic E-state index is 4.96. The summed E-state index contributed by atoms with van der Waals surface area (Å²) < 4.78 is 0. The highest BCUT2D eigenvalue weighted by atomic mass is 15.2. The molecule has 3 rings (SSSR count). The van der Waals surface area contributed by atoms with Gasteiger partial charge in [-0.1, -0.05) is 32.2 Å². The molecule has 4 nitrogen and oxygen atoms in total. The van der Waals surface area contributed by atoms with Crippen molar-refractivity contribution in [2.75, 3.05) is 24.5 Å². The molecule has 1 atom stereocenters. The van der Waals surface area contributed by atoms with E-state index in [0.29, 0.717) is 0 Å². The van der Waals surface area contributed by atoms with E-state index in [0.717, 1.165) is 60.4 Å². The third-order valence-corrected chi connectivity index (χ3v) is 5.16. The highest BCUT2D eigenvalue weighted by Gasteiger charge is 2.20. The minimum absolute atomic E-state index is 0.757. The van der Waals surface area contributed by atoms with Crippen LogP contribution in [-0.4, -0.2) is 35.7 Å². The topological polar surface area (TPSA) is 31.7 Å². The Labute approximate surface area is 163 Å². The van der Waals surface area contributed by atoms with Crippen LogP contribution >= 0.6 is 0 Å². The zero-order valence-electron chi connectivity index (χ0n) is 16.8. The number of anilines is 1. The molecule has 0 bridgehead atoms. The number of hydrogen-bond donors (Lipinski definition) is 0. The highest BCUT2D eigenvalue weighted by Crippen LogP contribution is 2.33. The Kier molecular flexibility index (Phi) is 5.94. The van der Waals surface area contributed by atoms with E-state index in [4.69, 9.17) is 4.98 Å². The molecule has 0 spiro atoms. The summed E-state index contributed by atoms with van der Waals surface area (Å²) in [6.45, 7) is 17.6. The fraction of sp³-hybridized carbons (Fsp3) is 0.391. The number of hydrogen-bond acceptors (Lipinski definition) is 4. The monoisotopic (exact) mass is 362 g/mol. The molecule has 3 heterocycles. The van der Waals surface area contributed by atoms with E-state index in [2.05, 4.69) is 47.9 Å². The van der Waals surface area contributed by atoms with Crippen molar-refractivity contribution in [1.82, 2.24) is 9.88 Å². The molecule has 27 heavy (non-hydrogen) atoms. The van der Waals surface area contributed by atoms with E-state index in [1.807, 2.05) is 37.4 Å². The molecule has 4 heteroatoms. The molecule has 0 N–H and O–H groups in total. The number of fused-ring (bicyclic) bond motifs is 1. The second-order valence-corrected chi connectivity index (χ2v) is 7.51. The van der Waals surface area contributed by atoms with E-state index >= 15 is 0 Å². The van der Waals surface area contributed by atoms with Gasteiger partial charge in [-0.3, -0.25) is 4.99 Å². The predicted octanol–water partition coefficient (Wildman–Crippen LogP) is 5.34. The first-order valence-electron chi connectivity index (χ1n) is 9.72. The Bertz CT molecular complexity index is 816. The number of nitrogens with zero attached hydrogens (tertiary/aromatic N) is 4. The van der Waals surface area contributed by atoms with Crippen LogP contribution in [-0.2, 0) is 0 Å². The van der Waals surface area contributed by atoms with Gasteiger partial charge in [0.05, 0.1) is 5.69 Å². The number of aliphatic imine (C=N–C) groups is 1. The summed E-state index contributed by atoms with van der Waals surface area (Å²) in [6.07, 6.45) is 10.2. The van der Waals surface area contributed by atoms with Crippen LogP contribution in [0.4, 0.5) is 11.5 Å². The molecular formula is C23H30N4. The second kappa shape index (κ2) is 8.38. The lowest BCUT2D eigenvalue weighted by Gasteiger charge is -2.24. The molecule has 0 aliphatic carbocycles. The lowest BCUT2D eigenvalue weighted by molar-refractivity contribution is 0.412. The van der Waals surface area contributed by atoms with Crippen molar-refractivity contribution < 1.29 is 0 Å². The average molecular weight is 363 g/mol. The summed E-state index contributed by atoms with van der Waals surface area (Å²) in [4.78, 5) is 14.1. The predicted molar refractivity (Wildman–Crippen MR) is 116 cm³/mol. The van der Waals surface area contributed by atoms with Crippen molar-refractivity contribution in [1.29, 1.82) is 0 Å². The standard InChI is InChI=1S/C23H30N4/c1-6-8-20(15-19(5)26-14-11-18(4)16-26)21-9-10-22-23(25-21)27(17(2)3)13-7-12-24-22/h6,8-10,12,15,18H,1-2,7,11,13-14,16H2,3-5H3/b19-15+,20-8+/t18-/m1/s1. The zero-order valence-corrected chi connectivity index (χ0v) is 16.8. The molecule has 0 saturated carbocycles. The smallest absolute Gasteiger partial charge is 0.159 e. The third-order valence-electron chi connectivity index (χ3n) is 5.16. The van der Waals surface area contributed by atoms with E-state index < -0.39 is 0 Å². The minimum Gasteiger partial charge on any atom is -0.375 e. The van der Waals surface area contributed by atoms with Crippen molar-refractivity contribution in [3.05, 3.63) is 60.6 Å². The Morgan fingerprint density at radius 1 is 1.26 bits per heavy atom. The molecule has 1 fully saturated rings. The summed E-state index contributed by atoms with van der Waals surface area (Å²) in [5, 5.41) is 0. The third kappa shape index (κ3) is 4.38. The Balaban J connectivity index is 1.97. The van der Waals surface area contributed by atoms with E-state index in [1.54, 1.807) is 0 Å². The quantitative estimate of drug-likeness (QED) is 0.662. The summed E-state index contributed by atoms with van der Waals surface area (Å²) in [5.41, 5.74) is 5.16. The van der Waals surface area contributed by atoms with Gasteiger partial charge in [0.2, 0.25) is 0 Å². The van der Waals surface area contributed by atoms with E-state index in [9.17, 15) is 0 Å². The van der Waals surface area contributed by atoms with E-state index in [1.165, 1.54) is 12.1 Å². The lowest BCUT2D eigenvalue weighted by Crippen LogP contribution is -2.22. The van der Waals surface area contributed by atoms with Crippen LogP contribution < -0.4 is 4.90 Å². The molecule has 0 unspecified atom stereocenters. The minimum atomic E-state index is 0.757. The second-order valence-electron chi connectivity index (χ2n) is 7.51. The van der Waals surface area contributed by atoms with Gasteiger partial charge >= 0.3 is 0 Å². The van der Waals surface area contributed by atoms with Crippen molar-refractivity contribution >= 4 is 23.3 Å². The number of likely N-dealkylation sites (tertiary alicyclic amines) is 1. The van der Waals surface area contributed by atoms with Gasteiger partial charge < -0.3 is 9.80 Å². The summed E-state index contributed by atoms with van der Waals surface area (Å²) >= 11 is 0. The van der Waals surface area contributed by atoms with Crippen molar-refractivity contribution in [2.24, 2.45) is 10.9 Å². The maximum absolute atomic E-state index is 4.96. The van der Waals surface area contributed by atoms with Crippen molar-refractivity contribution in [2.45, 2.75) is 33.6 Å². The Morgan fingerprint density at radius 2 is 2.07 bits per heavy atom. The molecule has 1 aromatic heterocycles. The van der Waals surface area contributed by atoms with Gasteiger partial charge in [-0.05, 0) is 44.4 Å². The Morgan fingerprint density at radius 3 is 2.74 bits per heavy atom. The maximum Gasteiger partial charge on any atom is 0.159 e. The lowest BCUT2D eigenvalue weighted by atomic mass is 10.1. The molecule has 142 valence electrons. The van der Waals surface area contributed by atoms with Crippen LogP contribution in [0, 0.1) is 5.92 Å². The summed E-state index contributed by atoms with van der Waals surface area (Å²) in [7, 11) is 0. The van der Waals surface area contributed by atoms with Gasteiger partial charge in [-0.25, -0.2) is 4.98 Å². The molecule has 2 aliphatic heterocycles. The SMILES string of the molecule is C=C/C=C(\C=C(/C)N1CC[C@@H](C)C1)c1ccc2c(n1)N(C(=C)C)CCC=N2. The fourth-order valence-corrected chi connectivity index (χ4v) is 3.63. The van der Waals surface area contributed by atoms with Gasteiger partial charge in [-0.2, -0.15) is 0 Å². The van der Waals surface area contributed by atoms with Crippen LogP contribution in [0.3, 0.4) is 0 Å². The Hall–Kier alpha value is -2.62. The molecule has 1 saturated heterocycles.